The highest BCUT2D eigenvalue weighted by Gasteiger charge is 2.61. The zero-order chi connectivity index (χ0) is 20.2. The van der Waals surface area contributed by atoms with Gasteiger partial charge in [0, 0.05) is 5.41 Å². The van der Waals surface area contributed by atoms with Gasteiger partial charge < -0.3 is 9.29 Å². The monoisotopic (exact) mass is 402 g/mol. The number of benzene rings is 1. The van der Waals surface area contributed by atoms with Crippen LogP contribution < -0.4 is 4.18 Å². The summed E-state index contributed by atoms with van der Waals surface area (Å²) in [6.07, 6.45) is 11.9. The fourth-order valence-electron chi connectivity index (χ4n) is 6.30. The first-order valence-electron chi connectivity index (χ1n) is 10.5. The van der Waals surface area contributed by atoms with E-state index in [4.69, 9.17) is 10.6 Å². The molecule has 0 bridgehead atoms. The molecule has 1 aromatic carbocycles. The average molecular weight is 403 g/mol. The van der Waals surface area contributed by atoms with Gasteiger partial charge in [-0.15, -0.1) is 6.42 Å². The van der Waals surface area contributed by atoms with Crippen molar-refractivity contribution in [1.82, 2.24) is 0 Å². The zero-order valence-electron chi connectivity index (χ0n) is 16.8. The van der Waals surface area contributed by atoms with Gasteiger partial charge in [-0.3, -0.25) is 0 Å². The highest BCUT2D eigenvalue weighted by Crippen LogP contribution is 2.64. The number of fused-ring (bicyclic) bond motifs is 5. The van der Waals surface area contributed by atoms with E-state index in [9.17, 15) is 13.5 Å². The molecule has 0 radical (unpaired) electrons. The standard InChI is InChI=1S/C23H30O4S/c1-4-14-28(25,26)27-17-7-9-18-16(15-17)6-8-20-19(18)10-12-22(3)21(20)11-13-23(22,24)5-2/h2,7,9,15,19-21,24H,4,6,8,10-14H2,1,3H3/t19-,20-,21+,22?,23+/m1/s1. The van der Waals surface area contributed by atoms with Crippen LogP contribution in [0.1, 0.15) is 69.4 Å². The lowest BCUT2D eigenvalue weighted by atomic mass is 9.53. The van der Waals surface area contributed by atoms with Crippen LogP contribution in [0.25, 0.3) is 0 Å². The van der Waals surface area contributed by atoms with Crippen LogP contribution in [0, 0.1) is 29.6 Å². The Hall–Kier alpha value is -1.51. The summed E-state index contributed by atoms with van der Waals surface area (Å²) >= 11 is 0. The first-order chi connectivity index (χ1) is 13.2. The molecule has 152 valence electrons. The van der Waals surface area contributed by atoms with Gasteiger partial charge in [0.1, 0.15) is 11.4 Å². The van der Waals surface area contributed by atoms with Crippen LogP contribution in [-0.2, 0) is 16.5 Å². The largest absolute Gasteiger partial charge is 0.382 e. The minimum atomic E-state index is -3.52. The van der Waals surface area contributed by atoms with Crippen LogP contribution in [0.15, 0.2) is 18.2 Å². The fourth-order valence-corrected chi connectivity index (χ4v) is 7.28. The van der Waals surface area contributed by atoms with E-state index in [0.29, 0.717) is 36.3 Å². The van der Waals surface area contributed by atoms with Gasteiger partial charge in [0.15, 0.2) is 0 Å². The molecule has 5 atom stereocenters. The van der Waals surface area contributed by atoms with Crippen LogP contribution >= 0.6 is 0 Å². The number of terminal acetylenes is 1. The van der Waals surface area contributed by atoms with Crippen molar-refractivity contribution in [2.75, 3.05) is 5.75 Å². The molecular weight excluding hydrogens is 372 g/mol. The molecule has 1 N–H and O–H groups in total. The van der Waals surface area contributed by atoms with E-state index < -0.39 is 15.7 Å². The van der Waals surface area contributed by atoms with Crippen LogP contribution in [0.3, 0.4) is 0 Å². The number of aryl methyl sites for hydroxylation is 1. The molecule has 0 saturated heterocycles. The molecule has 0 heterocycles. The molecule has 0 aliphatic heterocycles. The second kappa shape index (κ2) is 6.78. The summed E-state index contributed by atoms with van der Waals surface area (Å²) in [7, 11) is -3.52. The molecule has 3 aliphatic rings. The second-order valence-corrected chi connectivity index (χ2v) is 10.8. The Kier molecular flexibility index (Phi) is 4.79. The predicted molar refractivity (Wildman–Crippen MR) is 110 cm³/mol. The van der Waals surface area contributed by atoms with Crippen molar-refractivity contribution >= 4 is 10.1 Å². The molecule has 2 saturated carbocycles. The average Bonchev–Trinajstić information content (AvgIpc) is 2.92. The zero-order valence-corrected chi connectivity index (χ0v) is 17.6. The summed E-state index contributed by atoms with van der Waals surface area (Å²) in [6, 6.07) is 5.78. The van der Waals surface area contributed by atoms with Crippen LogP contribution in [-0.4, -0.2) is 24.9 Å². The van der Waals surface area contributed by atoms with Crippen LogP contribution in [0.2, 0.25) is 0 Å². The lowest BCUT2D eigenvalue weighted by Crippen LogP contribution is -2.50. The number of aliphatic hydroxyl groups is 1. The molecule has 4 rings (SSSR count). The van der Waals surface area contributed by atoms with E-state index >= 15 is 0 Å². The van der Waals surface area contributed by atoms with Crippen molar-refractivity contribution in [3.8, 4) is 18.1 Å². The van der Waals surface area contributed by atoms with E-state index in [2.05, 4.69) is 18.9 Å². The van der Waals surface area contributed by atoms with Crippen molar-refractivity contribution in [3.63, 3.8) is 0 Å². The summed E-state index contributed by atoms with van der Waals surface area (Å²) in [4.78, 5) is 0. The normalized spacial score (nSPS) is 36.7. The minimum Gasteiger partial charge on any atom is -0.382 e. The molecule has 4 nitrogen and oxygen atoms in total. The Morgan fingerprint density at radius 2 is 2.07 bits per heavy atom. The fraction of sp³-hybridized carbons (Fsp3) is 0.652. The minimum absolute atomic E-state index is 0.0349. The van der Waals surface area contributed by atoms with Gasteiger partial charge in [0.05, 0.1) is 5.75 Å². The molecular formula is C23H30O4S. The summed E-state index contributed by atoms with van der Waals surface area (Å²) < 4.78 is 29.3. The summed E-state index contributed by atoms with van der Waals surface area (Å²) in [5, 5.41) is 11.0. The van der Waals surface area contributed by atoms with Crippen molar-refractivity contribution in [2.24, 2.45) is 17.3 Å². The summed E-state index contributed by atoms with van der Waals surface area (Å²) in [6.45, 7) is 4.01. The molecule has 2 fully saturated rings. The Balaban J connectivity index is 1.60. The Bertz CT molecular complexity index is 915. The Labute approximate surface area is 168 Å². The first-order valence-corrected chi connectivity index (χ1v) is 12.1. The van der Waals surface area contributed by atoms with Gasteiger partial charge in [0.25, 0.3) is 0 Å². The summed E-state index contributed by atoms with van der Waals surface area (Å²) in [5.41, 5.74) is 1.36. The SMILES string of the molecule is C#C[C@]1(O)CC[C@H]2[C@@H]3CCc4cc(OS(=O)(=O)CCC)ccc4[C@H]3CCC21C. The van der Waals surface area contributed by atoms with E-state index in [1.807, 2.05) is 13.0 Å². The van der Waals surface area contributed by atoms with E-state index in [1.165, 1.54) is 11.1 Å². The van der Waals surface area contributed by atoms with Crippen molar-refractivity contribution in [3.05, 3.63) is 29.3 Å². The first kappa shape index (κ1) is 19.8. The predicted octanol–water partition coefficient (Wildman–Crippen LogP) is 4.03. The molecule has 0 spiro atoms. The molecule has 1 aromatic rings. The lowest BCUT2D eigenvalue weighted by molar-refractivity contribution is -0.0646. The molecule has 1 unspecified atom stereocenters. The molecule has 5 heteroatoms. The third kappa shape index (κ3) is 2.97. The van der Waals surface area contributed by atoms with Crippen LogP contribution in [0.5, 0.6) is 5.75 Å². The van der Waals surface area contributed by atoms with E-state index in [0.717, 1.165) is 32.1 Å². The third-order valence-corrected chi connectivity index (χ3v) is 9.12. The van der Waals surface area contributed by atoms with Gasteiger partial charge in [-0.2, -0.15) is 8.42 Å². The van der Waals surface area contributed by atoms with Gasteiger partial charge >= 0.3 is 10.1 Å². The number of hydrogen-bond acceptors (Lipinski definition) is 4. The van der Waals surface area contributed by atoms with Crippen molar-refractivity contribution in [2.45, 2.75) is 70.3 Å². The Morgan fingerprint density at radius 1 is 1.29 bits per heavy atom. The number of rotatable bonds is 4. The van der Waals surface area contributed by atoms with Gasteiger partial charge in [-0.25, -0.2) is 0 Å². The maximum Gasteiger partial charge on any atom is 0.309 e. The topological polar surface area (TPSA) is 63.6 Å². The highest BCUT2D eigenvalue weighted by atomic mass is 32.2. The smallest absolute Gasteiger partial charge is 0.309 e. The highest BCUT2D eigenvalue weighted by molar-refractivity contribution is 7.87. The summed E-state index contributed by atoms with van der Waals surface area (Å²) in [5.74, 6) is 4.61. The second-order valence-electron chi connectivity index (χ2n) is 9.12. The molecule has 0 amide bonds. The third-order valence-electron chi connectivity index (χ3n) is 7.77. The lowest BCUT2D eigenvalue weighted by Gasteiger charge is -2.52. The molecule has 28 heavy (non-hydrogen) atoms. The van der Waals surface area contributed by atoms with Crippen molar-refractivity contribution in [1.29, 1.82) is 0 Å². The molecule has 3 aliphatic carbocycles. The van der Waals surface area contributed by atoms with Crippen LogP contribution in [0.4, 0.5) is 0 Å². The van der Waals surface area contributed by atoms with E-state index in [1.54, 1.807) is 6.07 Å². The Morgan fingerprint density at radius 3 is 2.79 bits per heavy atom. The van der Waals surface area contributed by atoms with E-state index in [-0.39, 0.29) is 11.2 Å². The van der Waals surface area contributed by atoms with Gasteiger partial charge in [0.2, 0.25) is 0 Å². The quantitative estimate of drug-likeness (QED) is 0.610. The van der Waals surface area contributed by atoms with Crippen molar-refractivity contribution < 1.29 is 17.7 Å². The molecule has 0 aromatic heterocycles. The maximum absolute atomic E-state index is 12.0. The number of hydrogen-bond donors (Lipinski definition) is 1. The maximum atomic E-state index is 12.0. The van der Waals surface area contributed by atoms with Gasteiger partial charge in [-0.05, 0) is 86.0 Å². The van der Waals surface area contributed by atoms with Gasteiger partial charge in [-0.1, -0.05) is 25.8 Å².